The predicted octanol–water partition coefficient (Wildman–Crippen LogP) is 6.33. The quantitative estimate of drug-likeness (QED) is 0.164. The molecule has 0 aromatic heterocycles. The zero-order valence-corrected chi connectivity index (χ0v) is 20.6. The fourth-order valence-corrected chi connectivity index (χ4v) is 9.46. The van der Waals surface area contributed by atoms with Gasteiger partial charge in [-0.15, -0.1) is 0 Å². The summed E-state index contributed by atoms with van der Waals surface area (Å²) in [6.45, 7) is 9.50. The molecule has 0 fully saturated rings. The third-order valence-electron chi connectivity index (χ3n) is 5.87. The third kappa shape index (κ3) is 16.9. The summed E-state index contributed by atoms with van der Waals surface area (Å²) in [4.78, 5) is 0. The van der Waals surface area contributed by atoms with E-state index < -0.39 is 7.26 Å². The van der Waals surface area contributed by atoms with E-state index in [1.165, 1.54) is 103 Å². The number of halogens is 1. The van der Waals surface area contributed by atoms with Gasteiger partial charge in [-0.1, -0.05) is 91.9 Å². The van der Waals surface area contributed by atoms with E-state index in [0.717, 1.165) is 0 Å². The van der Waals surface area contributed by atoms with E-state index in [2.05, 4.69) is 27.7 Å². The topological polar surface area (TPSA) is 0 Å². The monoisotopic (exact) mass is 406 g/mol. The molecule has 0 radical (unpaired) electrons. The van der Waals surface area contributed by atoms with Crippen LogP contribution < -0.4 is 12.4 Å². The van der Waals surface area contributed by atoms with Gasteiger partial charge in [0.1, 0.15) is 0 Å². The number of rotatable bonds is 20. The smallest absolute Gasteiger partial charge is 0.0594 e. The first kappa shape index (κ1) is 28.9. The molecule has 0 rings (SSSR count). The van der Waals surface area contributed by atoms with Gasteiger partial charge >= 0.3 is 0 Å². The molecule has 0 atom stereocenters. The van der Waals surface area contributed by atoms with E-state index in [-0.39, 0.29) is 12.4 Å². The van der Waals surface area contributed by atoms with Crippen molar-refractivity contribution in [3.63, 3.8) is 0 Å². The molecule has 2 heteroatoms. The van der Waals surface area contributed by atoms with Crippen LogP contribution in [0.2, 0.25) is 0 Å². The molecule has 0 amide bonds. The highest BCUT2D eigenvalue weighted by Gasteiger charge is 2.33. The zero-order valence-electron chi connectivity index (χ0n) is 19.0. The number of unbranched alkanes of at least 4 members (excludes halogenated alkanes) is 12. The number of hydrogen-bond donors (Lipinski definition) is 0. The van der Waals surface area contributed by atoms with Crippen LogP contribution in [0.1, 0.15) is 130 Å². The van der Waals surface area contributed by atoms with Crippen LogP contribution in [0.15, 0.2) is 0 Å². The van der Waals surface area contributed by atoms with Crippen LogP contribution in [0.4, 0.5) is 0 Å². The van der Waals surface area contributed by atoms with Crippen molar-refractivity contribution in [2.75, 3.05) is 24.6 Å². The standard InChI is InChI=1S/C24H52P.ClH/c1-5-9-11-13-15-17-19-23-25(21-7-3,22-8-4)24-20-18-16-14-12-10-6-2;/h5-24H2,1-4H3;1H/q+1;/p-1. The minimum absolute atomic E-state index is 0. The van der Waals surface area contributed by atoms with Gasteiger partial charge in [0.25, 0.3) is 0 Å². The Hall–Kier alpha value is 0.720. The Morgan fingerprint density at radius 3 is 0.962 bits per heavy atom. The average Bonchev–Trinajstić information content (AvgIpc) is 2.61. The highest BCUT2D eigenvalue weighted by molar-refractivity contribution is 7.75. The predicted molar refractivity (Wildman–Crippen MR) is 123 cm³/mol. The minimum Gasteiger partial charge on any atom is -1.00 e. The normalized spacial score (nSPS) is 11.5. The first-order valence-electron chi connectivity index (χ1n) is 12.1. The minimum atomic E-state index is -0.619. The molecule has 0 aromatic carbocycles. The summed E-state index contributed by atoms with van der Waals surface area (Å²) in [6.07, 6.45) is 29.9. The molecule has 0 aliphatic rings. The highest BCUT2D eigenvalue weighted by atomic mass is 35.5. The van der Waals surface area contributed by atoms with Crippen molar-refractivity contribution in [1.82, 2.24) is 0 Å². The molecule has 26 heavy (non-hydrogen) atoms. The van der Waals surface area contributed by atoms with Crippen molar-refractivity contribution in [2.45, 2.75) is 130 Å². The second kappa shape index (κ2) is 22.0. The Kier molecular flexibility index (Phi) is 24.5. The lowest BCUT2D eigenvalue weighted by atomic mass is 10.1. The second-order valence-electron chi connectivity index (χ2n) is 8.48. The molecule has 0 spiro atoms. The lowest BCUT2D eigenvalue weighted by Crippen LogP contribution is -3.00. The fourth-order valence-electron chi connectivity index (χ4n) is 4.43. The molecular formula is C24H52ClP. The van der Waals surface area contributed by atoms with Crippen LogP contribution in [0.25, 0.3) is 0 Å². The van der Waals surface area contributed by atoms with Crippen LogP contribution in [-0.2, 0) is 0 Å². The Bertz CT molecular complexity index is 229. The van der Waals surface area contributed by atoms with E-state index in [1.54, 1.807) is 24.6 Å². The summed E-state index contributed by atoms with van der Waals surface area (Å²) < 4.78 is 0. The average molecular weight is 407 g/mol. The third-order valence-corrected chi connectivity index (χ3v) is 11.2. The maximum absolute atomic E-state index is 2.43. The number of hydrogen-bond acceptors (Lipinski definition) is 0. The van der Waals surface area contributed by atoms with E-state index in [4.69, 9.17) is 0 Å². The van der Waals surface area contributed by atoms with E-state index in [0.29, 0.717) is 0 Å². The molecule has 0 aliphatic heterocycles. The molecule has 0 saturated carbocycles. The molecule has 0 saturated heterocycles. The summed E-state index contributed by atoms with van der Waals surface area (Å²) in [5.74, 6) is 0. The summed E-state index contributed by atoms with van der Waals surface area (Å²) in [6, 6.07) is 0. The van der Waals surface area contributed by atoms with Gasteiger partial charge in [-0.2, -0.15) is 0 Å². The fraction of sp³-hybridized carbons (Fsp3) is 1.00. The van der Waals surface area contributed by atoms with Gasteiger partial charge in [0.15, 0.2) is 0 Å². The van der Waals surface area contributed by atoms with Crippen molar-refractivity contribution >= 4 is 7.26 Å². The van der Waals surface area contributed by atoms with Crippen LogP contribution in [0.3, 0.4) is 0 Å². The lowest BCUT2D eigenvalue weighted by Gasteiger charge is -2.27. The van der Waals surface area contributed by atoms with E-state index >= 15 is 0 Å². The van der Waals surface area contributed by atoms with Crippen molar-refractivity contribution in [3.05, 3.63) is 0 Å². The SMILES string of the molecule is CCCCCCCCC[P+](CCC)(CCC)CCCCCCCCC.[Cl-]. The van der Waals surface area contributed by atoms with Gasteiger partial charge in [0, 0.05) is 7.26 Å². The van der Waals surface area contributed by atoms with Crippen LogP contribution in [-0.4, -0.2) is 24.6 Å². The molecule has 160 valence electrons. The van der Waals surface area contributed by atoms with Gasteiger partial charge in [-0.05, 0) is 38.5 Å². The maximum atomic E-state index is 2.43. The van der Waals surface area contributed by atoms with Gasteiger partial charge in [-0.25, -0.2) is 0 Å². The Labute approximate surface area is 174 Å². The van der Waals surface area contributed by atoms with Gasteiger partial charge in [0.2, 0.25) is 0 Å². The zero-order chi connectivity index (χ0) is 18.6. The van der Waals surface area contributed by atoms with Crippen molar-refractivity contribution in [3.8, 4) is 0 Å². The molecular weight excluding hydrogens is 355 g/mol. The molecule has 0 N–H and O–H groups in total. The molecule has 0 nitrogen and oxygen atoms in total. The van der Waals surface area contributed by atoms with Crippen molar-refractivity contribution in [2.24, 2.45) is 0 Å². The van der Waals surface area contributed by atoms with Crippen molar-refractivity contribution < 1.29 is 12.4 Å². The van der Waals surface area contributed by atoms with Crippen LogP contribution >= 0.6 is 7.26 Å². The van der Waals surface area contributed by atoms with E-state index in [9.17, 15) is 0 Å². The Morgan fingerprint density at radius 1 is 0.346 bits per heavy atom. The van der Waals surface area contributed by atoms with Gasteiger partial charge in [-0.3, -0.25) is 0 Å². The largest absolute Gasteiger partial charge is 1.00 e. The first-order valence-corrected chi connectivity index (χ1v) is 14.6. The van der Waals surface area contributed by atoms with Gasteiger partial charge in [0.05, 0.1) is 24.6 Å². The summed E-state index contributed by atoms with van der Waals surface area (Å²) in [7, 11) is -0.619. The maximum Gasteiger partial charge on any atom is 0.0594 e. The van der Waals surface area contributed by atoms with Crippen LogP contribution in [0.5, 0.6) is 0 Å². The van der Waals surface area contributed by atoms with Crippen molar-refractivity contribution in [1.29, 1.82) is 0 Å². The van der Waals surface area contributed by atoms with E-state index in [1.807, 2.05) is 0 Å². The molecule has 0 bridgehead atoms. The van der Waals surface area contributed by atoms with Crippen LogP contribution in [0, 0.1) is 0 Å². The summed E-state index contributed by atoms with van der Waals surface area (Å²) >= 11 is 0. The second-order valence-corrected chi connectivity index (χ2v) is 13.0. The molecule has 0 aliphatic carbocycles. The highest BCUT2D eigenvalue weighted by Crippen LogP contribution is 2.61. The lowest BCUT2D eigenvalue weighted by molar-refractivity contribution is -0.00000581. The Balaban J connectivity index is 0. The first-order chi connectivity index (χ1) is 12.2. The molecule has 0 heterocycles. The Morgan fingerprint density at radius 2 is 0.654 bits per heavy atom. The summed E-state index contributed by atoms with van der Waals surface area (Å²) in [5, 5.41) is 0. The molecule has 0 unspecified atom stereocenters. The molecule has 0 aromatic rings. The van der Waals surface area contributed by atoms with Gasteiger partial charge < -0.3 is 12.4 Å². The summed E-state index contributed by atoms with van der Waals surface area (Å²) in [5.41, 5.74) is 0.